The zero-order valence-electron chi connectivity index (χ0n) is 10.8. The highest BCUT2D eigenvalue weighted by atomic mass is 35.5. The number of nitrogens with zero attached hydrogens (tertiary/aromatic N) is 1. The quantitative estimate of drug-likeness (QED) is 0.751. The third-order valence-corrected chi connectivity index (χ3v) is 2.93. The minimum atomic E-state index is 0.535. The molecule has 0 radical (unpaired) electrons. The average Bonchev–Trinajstić information content (AvgIpc) is 2.78. The Labute approximate surface area is 113 Å². The molecule has 3 heteroatoms. The smallest absolute Gasteiger partial charge is 0.196 e. The zero-order valence-corrected chi connectivity index (χ0v) is 11.6. The maximum absolute atomic E-state index is 5.66. The first-order chi connectivity index (χ1) is 8.69. The highest BCUT2D eigenvalue weighted by molar-refractivity contribution is 6.17. The molecule has 96 valence electrons. The van der Waals surface area contributed by atoms with Gasteiger partial charge >= 0.3 is 0 Å². The summed E-state index contributed by atoms with van der Waals surface area (Å²) >= 11 is 5.66. The maximum Gasteiger partial charge on any atom is 0.196 e. The Morgan fingerprint density at radius 1 is 1.22 bits per heavy atom. The summed E-state index contributed by atoms with van der Waals surface area (Å²) in [5.74, 6) is 2.72. The first-order valence-electron chi connectivity index (χ1n) is 6.29. The molecule has 0 aliphatic rings. The molecule has 1 heterocycles. The second-order valence-corrected chi connectivity index (χ2v) is 5.23. The van der Waals surface area contributed by atoms with Crippen LogP contribution in [0.15, 0.2) is 34.9 Å². The Bertz CT molecular complexity index is 487. The molecule has 0 aliphatic carbocycles. The van der Waals surface area contributed by atoms with Gasteiger partial charge in [0.2, 0.25) is 0 Å². The lowest BCUT2D eigenvalue weighted by Crippen LogP contribution is -1.93. The van der Waals surface area contributed by atoms with Gasteiger partial charge in [-0.3, -0.25) is 0 Å². The van der Waals surface area contributed by atoms with Gasteiger partial charge in [0, 0.05) is 17.9 Å². The molecule has 0 amide bonds. The highest BCUT2D eigenvalue weighted by Crippen LogP contribution is 2.22. The Kier molecular flexibility index (Phi) is 4.43. The molecule has 0 unspecified atom stereocenters. The second-order valence-electron chi connectivity index (χ2n) is 4.85. The van der Waals surface area contributed by atoms with Gasteiger partial charge in [-0.2, -0.15) is 0 Å². The van der Waals surface area contributed by atoms with Gasteiger partial charge in [0.15, 0.2) is 11.7 Å². The fraction of sp³-hybridized carbons (Fsp3) is 0.400. The number of benzene rings is 1. The number of hydrogen-bond donors (Lipinski definition) is 0. The van der Waals surface area contributed by atoms with Gasteiger partial charge in [-0.15, -0.1) is 11.6 Å². The Morgan fingerprint density at radius 3 is 2.56 bits per heavy atom. The number of aryl methyl sites for hydroxylation is 1. The van der Waals surface area contributed by atoms with Crippen LogP contribution in [0.3, 0.4) is 0 Å². The van der Waals surface area contributed by atoms with Crippen LogP contribution < -0.4 is 0 Å². The maximum atomic E-state index is 5.66. The Balaban J connectivity index is 2.12. The van der Waals surface area contributed by atoms with Crippen molar-refractivity contribution in [1.82, 2.24) is 4.98 Å². The summed E-state index contributed by atoms with van der Waals surface area (Å²) in [6, 6.07) is 8.48. The molecule has 0 fully saturated rings. The summed E-state index contributed by atoms with van der Waals surface area (Å²) in [6.07, 6.45) is 3.54. The van der Waals surface area contributed by atoms with E-state index >= 15 is 0 Å². The molecule has 0 bridgehead atoms. The predicted molar refractivity (Wildman–Crippen MR) is 74.9 cm³/mol. The Hall–Kier alpha value is -1.28. The van der Waals surface area contributed by atoms with Crippen molar-refractivity contribution in [3.63, 3.8) is 0 Å². The number of alkyl halides is 1. The van der Waals surface area contributed by atoms with Crippen LogP contribution in [0.5, 0.6) is 0 Å². The molecule has 0 spiro atoms. The predicted octanol–water partition coefficient (Wildman–Crippen LogP) is 4.32. The van der Waals surface area contributed by atoms with Crippen LogP contribution in [0.2, 0.25) is 0 Å². The molecule has 0 saturated carbocycles. The van der Waals surface area contributed by atoms with Gasteiger partial charge in [0.1, 0.15) is 0 Å². The summed E-state index contributed by atoms with van der Waals surface area (Å²) in [6.45, 7) is 4.45. The van der Waals surface area contributed by atoms with E-state index in [-0.39, 0.29) is 0 Å². The summed E-state index contributed by atoms with van der Waals surface area (Å²) in [5, 5.41) is 0. The van der Waals surface area contributed by atoms with E-state index in [1.165, 1.54) is 5.56 Å². The molecule has 0 atom stereocenters. The lowest BCUT2D eigenvalue weighted by Gasteiger charge is -2.05. The van der Waals surface area contributed by atoms with Crippen molar-refractivity contribution in [3.8, 4) is 11.3 Å². The van der Waals surface area contributed by atoms with Gasteiger partial charge in [-0.05, 0) is 17.9 Å². The number of oxazole rings is 1. The van der Waals surface area contributed by atoms with Gasteiger partial charge < -0.3 is 4.42 Å². The zero-order chi connectivity index (χ0) is 13.0. The van der Waals surface area contributed by atoms with E-state index in [0.29, 0.717) is 24.1 Å². The van der Waals surface area contributed by atoms with Crippen LogP contribution in [-0.2, 0) is 12.8 Å². The number of rotatable bonds is 5. The lowest BCUT2D eigenvalue weighted by atomic mass is 10.0. The summed E-state index contributed by atoms with van der Waals surface area (Å²) in [4.78, 5) is 4.20. The topological polar surface area (TPSA) is 26.0 Å². The van der Waals surface area contributed by atoms with Crippen molar-refractivity contribution in [1.29, 1.82) is 0 Å². The van der Waals surface area contributed by atoms with Crippen LogP contribution in [0, 0.1) is 5.92 Å². The van der Waals surface area contributed by atoms with E-state index < -0.39 is 0 Å². The van der Waals surface area contributed by atoms with Crippen molar-refractivity contribution in [3.05, 3.63) is 41.9 Å². The van der Waals surface area contributed by atoms with E-state index in [2.05, 4.69) is 43.1 Å². The van der Waals surface area contributed by atoms with Crippen molar-refractivity contribution in [2.24, 2.45) is 5.92 Å². The molecule has 0 N–H and O–H groups in total. The Morgan fingerprint density at radius 2 is 1.94 bits per heavy atom. The van der Waals surface area contributed by atoms with E-state index in [0.717, 1.165) is 17.7 Å². The largest absolute Gasteiger partial charge is 0.441 e. The second kappa shape index (κ2) is 6.05. The molecular weight excluding hydrogens is 246 g/mol. The lowest BCUT2D eigenvalue weighted by molar-refractivity contribution is 0.514. The van der Waals surface area contributed by atoms with Crippen molar-refractivity contribution in [2.45, 2.75) is 26.7 Å². The molecule has 2 aromatic rings. The third kappa shape index (κ3) is 3.36. The normalized spacial score (nSPS) is 11.1. The van der Waals surface area contributed by atoms with Crippen LogP contribution >= 0.6 is 11.6 Å². The van der Waals surface area contributed by atoms with Crippen LogP contribution in [-0.4, -0.2) is 10.9 Å². The van der Waals surface area contributed by atoms with Crippen molar-refractivity contribution >= 4 is 11.6 Å². The van der Waals surface area contributed by atoms with Crippen molar-refractivity contribution in [2.75, 3.05) is 5.88 Å². The molecule has 1 aromatic carbocycles. The van der Waals surface area contributed by atoms with Gasteiger partial charge in [0.25, 0.3) is 0 Å². The van der Waals surface area contributed by atoms with Crippen molar-refractivity contribution < 1.29 is 4.42 Å². The molecule has 0 saturated heterocycles. The minimum absolute atomic E-state index is 0.535. The standard InChI is InChI=1S/C15H18ClNO/c1-11(2)9-12-3-5-13(6-4-12)14-10-17-15(18-14)7-8-16/h3-6,10-11H,7-9H2,1-2H3. The summed E-state index contributed by atoms with van der Waals surface area (Å²) in [5.41, 5.74) is 2.42. The van der Waals surface area contributed by atoms with Gasteiger partial charge in [-0.1, -0.05) is 38.1 Å². The first-order valence-corrected chi connectivity index (χ1v) is 6.82. The van der Waals surface area contributed by atoms with E-state index in [9.17, 15) is 0 Å². The van der Waals surface area contributed by atoms with E-state index in [4.69, 9.17) is 16.0 Å². The SMILES string of the molecule is CC(C)Cc1ccc(-c2cnc(CCCl)o2)cc1. The summed E-state index contributed by atoms with van der Waals surface area (Å²) in [7, 11) is 0. The van der Waals surface area contributed by atoms with E-state index in [1.54, 1.807) is 6.20 Å². The van der Waals surface area contributed by atoms with Crippen LogP contribution in [0.4, 0.5) is 0 Å². The fourth-order valence-corrected chi connectivity index (χ4v) is 2.08. The fourth-order valence-electron chi connectivity index (χ4n) is 1.92. The number of hydrogen-bond acceptors (Lipinski definition) is 2. The third-order valence-electron chi connectivity index (χ3n) is 2.74. The molecular formula is C15H18ClNO. The minimum Gasteiger partial charge on any atom is -0.441 e. The first kappa shape index (κ1) is 13.2. The molecule has 2 nitrogen and oxygen atoms in total. The number of aromatic nitrogens is 1. The van der Waals surface area contributed by atoms with Gasteiger partial charge in [-0.25, -0.2) is 4.98 Å². The molecule has 2 rings (SSSR count). The molecule has 18 heavy (non-hydrogen) atoms. The monoisotopic (exact) mass is 263 g/mol. The number of halogens is 1. The van der Waals surface area contributed by atoms with Crippen LogP contribution in [0.25, 0.3) is 11.3 Å². The van der Waals surface area contributed by atoms with Crippen LogP contribution in [0.1, 0.15) is 25.3 Å². The average molecular weight is 264 g/mol. The van der Waals surface area contributed by atoms with E-state index in [1.807, 2.05) is 0 Å². The van der Waals surface area contributed by atoms with Gasteiger partial charge in [0.05, 0.1) is 6.20 Å². The summed E-state index contributed by atoms with van der Waals surface area (Å²) < 4.78 is 5.64. The molecule has 1 aromatic heterocycles. The highest BCUT2D eigenvalue weighted by Gasteiger charge is 2.06. The molecule has 0 aliphatic heterocycles.